The van der Waals surface area contributed by atoms with Crippen LogP contribution < -0.4 is 5.32 Å². The minimum Gasteiger partial charge on any atom is -0.462 e. The first-order valence-electron chi connectivity index (χ1n) is 10.5. The van der Waals surface area contributed by atoms with Crippen molar-refractivity contribution in [3.63, 3.8) is 0 Å². The van der Waals surface area contributed by atoms with Gasteiger partial charge in [0.05, 0.1) is 23.6 Å². The third kappa shape index (κ3) is 5.15. The molecule has 0 aliphatic carbocycles. The summed E-state index contributed by atoms with van der Waals surface area (Å²) in [6.45, 7) is 3.98. The molecular formula is C23H22N6O4S. The number of aromatic nitrogens is 5. The summed E-state index contributed by atoms with van der Waals surface area (Å²) >= 11 is 1.19. The second-order valence-electron chi connectivity index (χ2n) is 7.26. The predicted octanol–water partition coefficient (Wildman–Crippen LogP) is 3.75. The maximum atomic E-state index is 12.5. The zero-order valence-electron chi connectivity index (χ0n) is 18.8. The van der Waals surface area contributed by atoms with Crippen molar-refractivity contribution in [2.24, 2.45) is 7.05 Å². The van der Waals surface area contributed by atoms with Gasteiger partial charge >= 0.3 is 5.97 Å². The summed E-state index contributed by atoms with van der Waals surface area (Å²) in [5, 5.41) is 15.5. The molecule has 174 valence electrons. The Morgan fingerprint density at radius 1 is 1.12 bits per heavy atom. The van der Waals surface area contributed by atoms with Crippen molar-refractivity contribution in [3.05, 3.63) is 59.7 Å². The topological polar surface area (TPSA) is 125 Å². The van der Waals surface area contributed by atoms with Crippen LogP contribution in [0.15, 0.2) is 58.2 Å². The molecule has 11 heteroatoms. The highest BCUT2D eigenvalue weighted by atomic mass is 32.2. The molecule has 0 radical (unpaired) electrons. The van der Waals surface area contributed by atoms with Crippen molar-refractivity contribution < 1.29 is 18.8 Å². The lowest BCUT2D eigenvalue weighted by atomic mass is 10.1. The normalized spacial score (nSPS) is 10.8. The van der Waals surface area contributed by atoms with Gasteiger partial charge in [0.25, 0.3) is 5.89 Å². The Hall–Kier alpha value is -3.99. The molecule has 2 aromatic heterocycles. The van der Waals surface area contributed by atoms with E-state index in [1.165, 1.54) is 11.8 Å². The number of carbonyl (C=O) groups excluding carboxylic acids is 2. The smallest absolute Gasteiger partial charge is 0.340 e. The fourth-order valence-electron chi connectivity index (χ4n) is 3.06. The number of nitrogens with zero attached hydrogens (tertiary/aromatic N) is 5. The minimum atomic E-state index is -0.492. The van der Waals surface area contributed by atoms with E-state index in [1.807, 2.05) is 31.2 Å². The van der Waals surface area contributed by atoms with Crippen LogP contribution in [0.25, 0.3) is 23.1 Å². The van der Waals surface area contributed by atoms with Gasteiger partial charge in [-0.3, -0.25) is 4.79 Å². The summed E-state index contributed by atoms with van der Waals surface area (Å²) in [5.41, 5.74) is 2.65. The summed E-state index contributed by atoms with van der Waals surface area (Å²) in [6.07, 6.45) is 0. The van der Waals surface area contributed by atoms with E-state index in [0.717, 1.165) is 11.1 Å². The van der Waals surface area contributed by atoms with Crippen LogP contribution in [0.2, 0.25) is 0 Å². The standard InChI is InChI=1S/C23H22N6O4S/c1-4-32-22(31)16-7-5-6-8-17(16)24-18(30)13-34-23-27-26-20(29(23)3)21-25-19(28-33-21)15-11-9-14(2)10-12-15/h5-12H,4,13H2,1-3H3,(H,24,30). The minimum absolute atomic E-state index is 0.0571. The molecule has 10 nitrogen and oxygen atoms in total. The zero-order valence-corrected chi connectivity index (χ0v) is 19.6. The van der Waals surface area contributed by atoms with Crippen LogP contribution >= 0.6 is 11.8 Å². The fourth-order valence-corrected chi connectivity index (χ4v) is 3.77. The van der Waals surface area contributed by atoms with Crippen molar-refractivity contribution >= 4 is 29.3 Å². The van der Waals surface area contributed by atoms with Crippen LogP contribution in [0.4, 0.5) is 5.69 Å². The molecule has 0 bridgehead atoms. The molecule has 34 heavy (non-hydrogen) atoms. The summed E-state index contributed by atoms with van der Waals surface area (Å²) < 4.78 is 12.1. The van der Waals surface area contributed by atoms with Gasteiger partial charge in [0.15, 0.2) is 5.16 Å². The van der Waals surface area contributed by atoms with Crippen molar-refractivity contribution in [2.45, 2.75) is 19.0 Å². The number of thioether (sulfide) groups is 1. The summed E-state index contributed by atoms with van der Waals surface area (Å²) in [5.74, 6) is 0.333. The van der Waals surface area contributed by atoms with Gasteiger partial charge in [0, 0.05) is 12.6 Å². The lowest BCUT2D eigenvalue weighted by molar-refractivity contribution is -0.113. The SMILES string of the molecule is CCOC(=O)c1ccccc1NC(=O)CSc1nnc(-c2nc(-c3ccc(C)cc3)no2)n1C. The van der Waals surface area contributed by atoms with E-state index in [4.69, 9.17) is 9.26 Å². The molecular weight excluding hydrogens is 456 g/mol. The van der Waals surface area contributed by atoms with Crippen LogP contribution in [-0.2, 0) is 16.6 Å². The highest BCUT2D eigenvalue weighted by Crippen LogP contribution is 2.25. The molecule has 4 rings (SSSR count). The second-order valence-corrected chi connectivity index (χ2v) is 8.20. The average Bonchev–Trinajstić information content (AvgIpc) is 3.45. The molecule has 0 atom stereocenters. The van der Waals surface area contributed by atoms with Gasteiger partial charge in [-0.05, 0) is 26.0 Å². The van der Waals surface area contributed by atoms with Crippen LogP contribution in [0, 0.1) is 6.92 Å². The molecule has 2 aromatic carbocycles. The first-order valence-corrected chi connectivity index (χ1v) is 11.4. The van der Waals surface area contributed by atoms with Gasteiger partial charge in [0.2, 0.25) is 17.6 Å². The van der Waals surface area contributed by atoms with Gasteiger partial charge in [0.1, 0.15) is 0 Å². The Morgan fingerprint density at radius 2 is 1.88 bits per heavy atom. The van der Waals surface area contributed by atoms with Crippen molar-refractivity contribution in [1.29, 1.82) is 0 Å². The quantitative estimate of drug-likeness (QED) is 0.298. The molecule has 0 fully saturated rings. The molecule has 2 heterocycles. The van der Waals surface area contributed by atoms with E-state index < -0.39 is 5.97 Å². The summed E-state index contributed by atoms with van der Waals surface area (Å²) in [6, 6.07) is 14.5. The molecule has 4 aromatic rings. The van der Waals surface area contributed by atoms with Crippen LogP contribution in [0.5, 0.6) is 0 Å². The van der Waals surface area contributed by atoms with Crippen molar-refractivity contribution in [2.75, 3.05) is 17.7 Å². The largest absolute Gasteiger partial charge is 0.462 e. The van der Waals surface area contributed by atoms with Crippen LogP contribution in [0.3, 0.4) is 0 Å². The monoisotopic (exact) mass is 478 g/mol. The van der Waals surface area contributed by atoms with Gasteiger partial charge in [-0.1, -0.05) is 58.9 Å². The number of aryl methyl sites for hydroxylation is 1. The Morgan fingerprint density at radius 3 is 2.65 bits per heavy atom. The fraction of sp³-hybridized carbons (Fsp3) is 0.217. The highest BCUT2D eigenvalue weighted by Gasteiger charge is 2.20. The molecule has 1 N–H and O–H groups in total. The Balaban J connectivity index is 1.41. The van der Waals surface area contributed by atoms with Gasteiger partial charge in [-0.15, -0.1) is 10.2 Å². The number of esters is 1. The molecule has 0 aliphatic rings. The number of ether oxygens (including phenoxy) is 1. The lowest BCUT2D eigenvalue weighted by Gasteiger charge is -2.10. The number of amides is 1. The van der Waals surface area contributed by atoms with Crippen molar-refractivity contribution in [3.8, 4) is 23.1 Å². The zero-order chi connectivity index (χ0) is 24.1. The number of nitrogens with one attached hydrogen (secondary N) is 1. The maximum absolute atomic E-state index is 12.5. The molecule has 0 unspecified atom stereocenters. The maximum Gasteiger partial charge on any atom is 0.340 e. The lowest BCUT2D eigenvalue weighted by Crippen LogP contribution is -2.17. The van der Waals surface area contributed by atoms with E-state index in [9.17, 15) is 9.59 Å². The van der Waals surface area contributed by atoms with Gasteiger partial charge in [-0.2, -0.15) is 4.98 Å². The van der Waals surface area contributed by atoms with Gasteiger partial charge in [-0.25, -0.2) is 4.79 Å². The highest BCUT2D eigenvalue weighted by molar-refractivity contribution is 7.99. The Kier molecular flexibility index (Phi) is 7.02. The van der Waals surface area contributed by atoms with E-state index in [2.05, 4.69) is 25.7 Å². The first-order chi connectivity index (χ1) is 16.5. The van der Waals surface area contributed by atoms with Crippen molar-refractivity contribution in [1.82, 2.24) is 24.9 Å². The number of rotatable bonds is 8. The average molecular weight is 479 g/mol. The summed E-state index contributed by atoms with van der Waals surface area (Å²) in [7, 11) is 1.75. The molecule has 0 spiro atoms. The Labute approximate surface area is 199 Å². The van der Waals surface area contributed by atoms with E-state index in [0.29, 0.717) is 28.1 Å². The number of hydrogen-bond acceptors (Lipinski definition) is 9. The predicted molar refractivity (Wildman–Crippen MR) is 126 cm³/mol. The van der Waals surface area contributed by atoms with Gasteiger partial charge < -0.3 is 19.1 Å². The molecule has 0 aliphatic heterocycles. The van der Waals surface area contributed by atoms with E-state index in [1.54, 1.807) is 42.8 Å². The molecule has 0 saturated carbocycles. The number of hydrogen-bond donors (Lipinski definition) is 1. The summed E-state index contributed by atoms with van der Waals surface area (Å²) in [4.78, 5) is 29.0. The van der Waals surface area contributed by atoms with E-state index in [-0.39, 0.29) is 24.2 Å². The number of para-hydroxylation sites is 1. The molecule has 1 amide bonds. The third-order valence-electron chi connectivity index (χ3n) is 4.79. The molecule has 0 saturated heterocycles. The third-order valence-corrected chi connectivity index (χ3v) is 5.81. The number of anilines is 1. The first kappa shape index (κ1) is 23.2. The van der Waals surface area contributed by atoms with E-state index >= 15 is 0 Å². The Bertz CT molecular complexity index is 1320. The second kappa shape index (κ2) is 10.3. The van der Waals surface area contributed by atoms with Crippen LogP contribution in [-0.4, -0.2) is 49.1 Å². The number of benzene rings is 2. The number of carbonyl (C=O) groups is 2. The van der Waals surface area contributed by atoms with Crippen LogP contribution in [0.1, 0.15) is 22.8 Å².